The van der Waals surface area contributed by atoms with E-state index in [1.54, 1.807) is 31.4 Å². The fourth-order valence-corrected chi connectivity index (χ4v) is 6.36. The lowest BCUT2D eigenvalue weighted by Crippen LogP contribution is -2.42. The molecule has 0 bridgehead atoms. The van der Waals surface area contributed by atoms with Gasteiger partial charge in [0.1, 0.15) is 18.1 Å². The molecule has 1 amide bonds. The van der Waals surface area contributed by atoms with Crippen LogP contribution in [0, 0.1) is 16.0 Å². The second kappa shape index (κ2) is 16.3. The third-order valence-corrected chi connectivity index (χ3v) is 8.89. The van der Waals surface area contributed by atoms with Gasteiger partial charge in [-0.1, -0.05) is 57.0 Å². The van der Waals surface area contributed by atoms with Crippen LogP contribution in [0.2, 0.25) is 0 Å². The number of carbonyl (C=O) groups is 2. The molecule has 2 unspecified atom stereocenters. The van der Waals surface area contributed by atoms with Gasteiger partial charge in [0.2, 0.25) is 12.7 Å². The van der Waals surface area contributed by atoms with Gasteiger partial charge in [-0.15, -0.1) is 10.1 Å². The number of amides is 1. The molecule has 12 nitrogen and oxygen atoms in total. The Labute approximate surface area is 280 Å². The van der Waals surface area contributed by atoms with Crippen LogP contribution in [0.4, 0.5) is 0 Å². The van der Waals surface area contributed by atoms with Crippen molar-refractivity contribution in [2.45, 2.75) is 58.1 Å². The van der Waals surface area contributed by atoms with Crippen LogP contribution >= 0.6 is 0 Å². The molecule has 48 heavy (non-hydrogen) atoms. The van der Waals surface area contributed by atoms with E-state index in [2.05, 4.69) is 23.6 Å². The molecule has 0 aliphatic carbocycles. The molecule has 0 spiro atoms. The van der Waals surface area contributed by atoms with Crippen molar-refractivity contribution in [3.05, 3.63) is 93.5 Å². The number of unbranched alkanes of at least 4 members (excludes halogenated alkanes) is 2. The van der Waals surface area contributed by atoms with Crippen molar-refractivity contribution in [2.75, 3.05) is 40.1 Å². The lowest BCUT2D eigenvalue weighted by molar-refractivity contribution is -0.763. The zero-order valence-corrected chi connectivity index (χ0v) is 27.7. The maximum absolute atomic E-state index is 14.3. The monoisotopic (exact) mass is 661 g/mol. The van der Waals surface area contributed by atoms with E-state index in [0.717, 1.165) is 36.8 Å². The number of benzene rings is 3. The lowest BCUT2D eigenvalue weighted by atomic mass is 9.82. The summed E-state index contributed by atoms with van der Waals surface area (Å²) in [6.45, 7) is 6.08. The number of likely N-dealkylation sites (tertiary alicyclic amines) is 1. The summed E-state index contributed by atoms with van der Waals surface area (Å²) in [5, 5.41) is 9.76. The molecule has 3 atom stereocenters. The fraction of sp³-hybridized carbons (Fsp3) is 0.444. The molecule has 0 saturated carbocycles. The molecule has 2 aliphatic heterocycles. The van der Waals surface area contributed by atoms with Gasteiger partial charge in [0.05, 0.1) is 19.6 Å². The summed E-state index contributed by atoms with van der Waals surface area (Å²) >= 11 is 0. The molecule has 3 aromatic rings. The number of ether oxygens (including phenoxy) is 4. The molecule has 0 N–H and O–H groups in total. The maximum Gasteiger partial charge on any atom is 0.316 e. The summed E-state index contributed by atoms with van der Waals surface area (Å²) in [6, 6.07) is 19.2. The van der Waals surface area contributed by atoms with Gasteiger partial charge < -0.3 is 28.7 Å². The Morgan fingerprint density at radius 1 is 0.917 bits per heavy atom. The minimum absolute atomic E-state index is 0.0291. The highest BCUT2D eigenvalue weighted by Gasteiger charge is 2.49. The van der Waals surface area contributed by atoms with E-state index in [1.165, 1.54) is 0 Å². The number of hydrogen-bond acceptors (Lipinski definition) is 10. The minimum atomic E-state index is -0.854. The summed E-state index contributed by atoms with van der Waals surface area (Å²) in [6.07, 6.45) is 3.81. The van der Waals surface area contributed by atoms with E-state index in [1.807, 2.05) is 47.4 Å². The Kier molecular flexibility index (Phi) is 11.7. The Bertz CT molecular complexity index is 1540. The SMILES string of the molecule is CCCCN(CCCC)C(=O)CN1CC(c2ccc3c(c2)OCO3)[C@@H](C(=O)Oc2ccc(CO[N+](=O)[O-])cc2)C1c1ccc(OC)cc1. The molecule has 12 heteroatoms. The van der Waals surface area contributed by atoms with Crippen LogP contribution < -0.4 is 18.9 Å². The first-order chi connectivity index (χ1) is 23.3. The summed E-state index contributed by atoms with van der Waals surface area (Å²) in [4.78, 5) is 47.4. The number of methoxy groups -OCH3 is 1. The van der Waals surface area contributed by atoms with Crippen LogP contribution in [0.25, 0.3) is 0 Å². The van der Waals surface area contributed by atoms with Crippen molar-refractivity contribution in [2.24, 2.45) is 5.92 Å². The van der Waals surface area contributed by atoms with E-state index < -0.39 is 23.0 Å². The zero-order chi connectivity index (χ0) is 34.0. The normalized spacial score (nSPS) is 18.4. The second-order valence-electron chi connectivity index (χ2n) is 12.0. The summed E-state index contributed by atoms with van der Waals surface area (Å²) < 4.78 is 22.7. The summed E-state index contributed by atoms with van der Waals surface area (Å²) in [5.41, 5.74) is 2.28. The van der Waals surface area contributed by atoms with Gasteiger partial charge in [0.25, 0.3) is 5.09 Å². The largest absolute Gasteiger partial charge is 0.497 e. The van der Waals surface area contributed by atoms with E-state index in [0.29, 0.717) is 48.2 Å². The van der Waals surface area contributed by atoms with E-state index in [4.69, 9.17) is 18.9 Å². The van der Waals surface area contributed by atoms with Crippen molar-refractivity contribution >= 4 is 11.9 Å². The second-order valence-corrected chi connectivity index (χ2v) is 12.0. The minimum Gasteiger partial charge on any atom is -0.497 e. The topological polar surface area (TPSA) is 130 Å². The van der Waals surface area contributed by atoms with Gasteiger partial charge in [-0.2, -0.15) is 0 Å². The molecule has 0 aromatic heterocycles. The summed E-state index contributed by atoms with van der Waals surface area (Å²) in [5.74, 6) is 0.729. The van der Waals surface area contributed by atoms with Gasteiger partial charge in [-0.05, 0) is 65.9 Å². The van der Waals surface area contributed by atoms with E-state index in [-0.39, 0.29) is 31.8 Å². The first-order valence-corrected chi connectivity index (χ1v) is 16.4. The third-order valence-electron chi connectivity index (χ3n) is 8.89. The van der Waals surface area contributed by atoms with Crippen LogP contribution in [0.5, 0.6) is 23.0 Å². The lowest BCUT2D eigenvalue weighted by Gasteiger charge is -2.30. The molecule has 2 heterocycles. The van der Waals surface area contributed by atoms with Gasteiger partial charge >= 0.3 is 5.97 Å². The molecule has 0 radical (unpaired) electrons. The maximum atomic E-state index is 14.3. The molecule has 3 aromatic carbocycles. The van der Waals surface area contributed by atoms with Crippen molar-refractivity contribution in [3.8, 4) is 23.0 Å². The number of rotatable bonds is 16. The highest BCUT2D eigenvalue weighted by atomic mass is 16.9. The zero-order valence-electron chi connectivity index (χ0n) is 27.7. The first kappa shape index (κ1) is 34.5. The molecular weight excluding hydrogens is 618 g/mol. The predicted octanol–water partition coefficient (Wildman–Crippen LogP) is 5.92. The quantitative estimate of drug-likeness (QED) is 0.0789. The smallest absolute Gasteiger partial charge is 0.316 e. The number of carbonyl (C=O) groups excluding carboxylic acids is 2. The van der Waals surface area contributed by atoms with Crippen molar-refractivity contribution in [3.63, 3.8) is 0 Å². The number of esters is 1. The van der Waals surface area contributed by atoms with Crippen LogP contribution in [-0.2, 0) is 21.0 Å². The van der Waals surface area contributed by atoms with E-state index >= 15 is 0 Å². The van der Waals surface area contributed by atoms with Crippen molar-refractivity contribution < 1.29 is 38.5 Å². The summed E-state index contributed by atoms with van der Waals surface area (Å²) in [7, 11) is 1.60. The first-order valence-electron chi connectivity index (χ1n) is 16.4. The average Bonchev–Trinajstić information content (AvgIpc) is 3.72. The number of fused-ring (bicyclic) bond motifs is 1. The molecule has 5 rings (SSSR count). The highest BCUT2D eigenvalue weighted by Crippen LogP contribution is 2.48. The Balaban J connectivity index is 1.50. The van der Waals surface area contributed by atoms with Crippen molar-refractivity contribution in [1.29, 1.82) is 0 Å². The molecule has 256 valence electrons. The number of hydrogen-bond donors (Lipinski definition) is 0. The van der Waals surface area contributed by atoms with Gasteiger partial charge in [0, 0.05) is 31.6 Å². The molecule has 1 saturated heterocycles. The van der Waals surface area contributed by atoms with Crippen LogP contribution in [0.1, 0.15) is 68.2 Å². The highest BCUT2D eigenvalue weighted by molar-refractivity contribution is 5.80. The molecule has 1 fully saturated rings. The third kappa shape index (κ3) is 8.35. The van der Waals surface area contributed by atoms with E-state index in [9.17, 15) is 19.7 Å². The standard InChI is InChI=1S/C36H43N3O9/c1-4-6-18-37(19-7-5-2)33(40)22-38-21-30(27-12-17-31-32(20-27)46-24-45-31)34(35(38)26-10-15-28(44-3)16-11-26)36(41)48-29-13-8-25(9-14-29)23-47-39(42)43/h8-17,20,30,34-35H,4-7,18-19,21-24H2,1-3H3/t30?,34-,35?/m1/s1. The van der Waals surface area contributed by atoms with Gasteiger partial charge in [-0.25, -0.2) is 0 Å². The average molecular weight is 662 g/mol. The fourth-order valence-electron chi connectivity index (χ4n) is 6.36. The van der Waals surface area contributed by atoms with Crippen LogP contribution in [0.15, 0.2) is 66.7 Å². The Hall–Kier alpha value is -4.84. The Morgan fingerprint density at radius 3 is 2.21 bits per heavy atom. The Morgan fingerprint density at radius 2 is 1.56 bits per heavy atom. The molecule has 2 aliphatic rings. The predicted molar refractivity (Wildman–Crippen MR) is 176 cm³/mol. The van der Waals surface area contributed by atoms with Gasteiger partial charge in [-0.3, -0.25) is 14.5 Å². The number of nitrogens with zero attached hydrogens (tertiary/aromatic N) is 3. The van der Waals surface area contributed by atoms with Crippen LogP contribution in [0.3, 0.4) is 0 Å². The van der Waals surface area contributed by atoms with Gasteiger partial charge in [0.15, 0.2) is 11.5 Å². The van der Waals surface area contributed by atoms with Crippen LogP contribution in [-0.4, -0.2) is 66.8 Å². The van der Waals surface area contributed by atoms with Crippen molar-refractivity contribution in [1.82, 2.24) is 9.80 Å². The molecular formula is C36H43N3O9.